The summed E-state index contributed by atoms with van der Waals surface area (Å²) in [6, 6.07) is 4.53. The first-order valence-corrected chi connectivity index (χ1v) is 13.0. The van der Waals surface area contributed by atoms with Crippen LogP contribution in [-0.2, 0) is 18.1 Å². The van der Waals surface area contributed by atoms with Crippen LogP contribution in [0.15, 0.2) is 41.5 Å². The minimum Gasteiger partial charge on any atom is -0.392 e. The quantitative estimate of drug-likeness (QED) is 0.323. The van der Waals surface area contributed by atoms with Crippen LogP contribution in [0.4, 0.5) is 5.95 Å². The number of anilines is 1. The number of nitrogens with zero attached hydrogens (tertiary/aromatic N) is 3. The van der Waals surface area contributed by atoms with Crippen molar-refractivity contribution >= 4 is 48.1 Å². The zero-order chi connectivity index (χ0) is 24.9. The fraction of sp³-hybridized carbons (Fsp3) is 0.381. The first-order chi connectivity index (χ1) is 16.6. The van der Waals surface area contributed by atoms with Gasteiger partial charge >= 0.3 is 7.82 Å². The molecule has 1 aromatic carbocycles. The number of phosphoric acid groups is 1. The Morgan fingerprint density at radius 2 is 2.09 bits per heavy atom. The number of aliphatic hydroxyl groups excluding tert-OH is 1. The molecule has 0 spiro atoms. The third kappa shape index (κ3) is 4.77. The van der Waals surface area contributed by atoms with E-state index in [0.29, 0.717) is 27.6 Å². The Morgan fingerprint density at radius 3 is 2.83 bits per heavy atom. The largest absolute Gasteiger partial charge is 0.475 e. The van der Waals surface area contributed by atoms with Gasteiger partial charge in [-0.1, -0.05) is 29.8 Å². The van der Waals surface area contributed by atoms with Gasteiger partial charge in [0.1, 0.15) is 0 Å². The lowest BCUT2D eigenvalue weighted by molar-refractivity contribution is 0.0166. The number of halogens is 2. The Bertz CT molecular complexity index is 1390. The molecule has 14 heteroatoms. The molecular formula is C21H22Cl2N5O6P. The number of aromatic amines is 1. The number of aliphatic hydroxyl groups is 1. The lowest BCUT2D eigenvalue weighted by Gasteiger charge is -2.30. The second kappa shape index (κ2) is 9.33. The van der Waals surface area contributed by atoms with E-state index < -0.39 is 37.5 Å². The predicted octanol–water partition coefficient (Wildman–Crippen LogP) is 3.79. The molecular weight excluding hydrogens is 520 g/mol. The molecule has 0 bridgehead atoms. The van der Waals surface area contributed by atoms with Crippen LogP contribution >= 0.6 is 31.0 Å². The van der Waals surface area contributed by atoms with Crippen LogP contribution in [-0.4, -0.2) is 43.9 Å². The predicted molar refractivity (Wildman–Crippen MR) is 129 cm³/mol. The fourth-order valence-corrected chi connectivity index (χ4v) is 6.41. The number of imidazole rings is 1. The van der Waals surface area contributed by atoms with E-state index in [-0.39, 0.29) is 36.7 Å². The van der Waals surface area contributed by atoms with Crippen molar-refractivity contribution in [2.45, 2.75) is 31.1 Å². The van der Waals surface area contributed by atoms with E-state index in [9.17, 15) is 14.5 Å². The second-order valence-electron chi connectivity index (χ2n) is 8.44. The van der Waals surface area contributed by atoms with Gasteiger partial charge in [-0.3, -0.25) is 23.3 Å². The number of hydrogen-bond donors (Lipinski definition) is 3. The van der Waals surface area contributed by atoms with Gasteiger partial charge in [-0.15, -0.1) is 0 Å². The maximum Gasteiger partial charge on any atom is 0.475 e. The Labute approximate surface area is 209 Å². The summed E-state index contributed by atoms with van der Waals surface area (Å²) in [5.41, 5.74) is 6.88. The Hall–Kier alpha value is -2.24. The van der Waals surface area contributed by atoms with E-state index in [1.54, 1.807) is 22.8 Å². The van der Waals surface area contributed by atoms with Gasteiger partial charge in [-0.2, -0.15) is 4.98 Å². The number of H-pyrrole nitrogens is 1. The zero-order valence-corrected chi connectivity index (χ0v) is 20.7. The van der Waals surface area contributed by atoms with E-state index in [2.05, 4.69) is 21.5 Å². The molecule has 2 aromatic heterocycles. The van der Waals surface area contributed by atoms with Gasteiger partial charge in [0.05, 0.1) is 37.8 Å². The number of fused-ring (bicyclic) bond motifs is 1. The molecule has 0 amide bonds. The minimum atomic E-state index is -3.93. The number of nitrogens with two attached hydrogens (primary N) is 1. The molecule has 1 aliphatic heterocycles. The smallest absolute Gasteiger partial charge is 0.392 e. The number of nitrogens with one attached hydrogen (secondary N) is 1. The highest BCUT2D eigenvalue weighted by Crippen LogP contribution is 2.58. The van der Waals surface area contributed by atoms with E-state index >= 15 is 0 Å². The van der Waals surface area contributed by atoms with E-state index in [1.807, 2.05) is 0 Å². The molecule has 1 saturated heterocycles. The zero-order valence-electron chi connectivity index (χ0n) is 18.3. The molecule has 1 unspecified atom stereocenters. The van der Waals surface area contributed by atoms with Gasteiger partial charge in [0.2, 0.25) is 5.95 Å². The summed E-state index contributed by atoms with van der Waals surface area (Å²) in [5.74, 6) is -0.621. The number of hydrogen-bond acceptors (Lipinski definition) is 9. The van der Waals surface area contributed by atoms with Crippen molar-refractivity contribution in [2.75, 3.05) is 18.9 Å². The summed E-state index contributed by atoms with van der Waals surface area (Å²) in [6.45, 7) is 4.10. The number of phosphoric ester groups is 1. The molecule has 11 nitrogen and oxygen atoms in total. The molecule has 4 N–H and O–H groups in total. The van der Waals surface area contributed by atoms with Gasteiger partial charge in [0, 0.05) is 22.4 Å². The SMILES string of the molecule is C=C1C(n2cnc3c(=O)[nH]c(N)nc32)C[C@H](O)[C@H]1CO[P@]1(=O)OCC[C@H](c2cc(Cl)cc(Cl)c2)O1. The molecule has 3 aromatic rings. The van der Waals surface area contributed by atoms with E-state index in [4.69, 9.17) is 42.5 Å². The van der Waals surface area contributed by atoms with Gasteiger partial charge in [-0.05, 0) is 35.8 Å². The van der Waals surface area contributed by atoms with Crippen molar-refractivity contribution in [3.05, 3.63) is 62.6 Å². The van der Waals surface area contributed by atoms with Crippen molar-refractivity contribution in [3.63, 3.8) is 0 Å². The van der Waals surface area contributed by atoms with E-state index in [0.717, 1.165) is 0 Å². The van der Waals surface area contributed by atoms with Crippen LogP contribution in [0.3, 0.4) is 0 Å². The highest BCUT2D eigenvalue weighted by molar-refractivity contribution is 7.48. The van der Waals surface area contributed by atoms with Crippen molar-refractivity contribution in [2.24, 2.45) is 5.92 Å². The van der Waals surface area contributed by atoms with Crippen molar-refractivity contribution in [1.29, 1.82) is 0 Å². The molecule has 2 aliphatic rings. The van der Waals surface area contributed by atoms with Gasteiger partial charge in [-0.25, -0.2) is 9.55 Å². The summed E-state index contributed by atoms with van der Waals surface area (Å²) in [4.78, 5) is 22.8. The molecule has 1 saturated carbocycles. The monoisotopic (exact) mass is 541 g/mol. The van der Waals surface area contributed by atoms with E-state index in [1.165, 1.54) is 6.33 Å². The molecule has 35 heavy (non-hydrogen) atoms. The number of nitrogen functional groups attached to an aromatic ring is 1. The van der Waals surface area contributed by atoms with Crippen LogP contribution in [0, 0.1) is 5.92 Å². The van der Waals surface area contributed by atoms with Crippen LogP contribution < -0.4 is 11.3 Å². The normalized spacial score (nSPS) is 29.2. The second-order valence-corrected chi connectivity index (χ2v) is 10.9. The summed E-state index contributed by atoms with van der Waals surface area (Å²) >= 11 is 12.2. The highest BCUT2D eigenvalue weighted by atomic mass is 35.5. The van der Waals surface area contributed by atoms with Crippen LogP contribution in [0.1, 0.15) is 30.6 Å². The summed E-state index contributed by atoms with van der Waals surface area (Å²) in [5, 5.41) is 11.6. The number of rotatable bonds is 5. The fourth-order valence-electron chi connectivity index (χ4n) is 4.46. The lowest BCUT2D eigenvalue weighted by Crippen LogP contribution is -2.22. The van der Waals surface area contributed by atoms with Gasteiger partial charge in [0.25, 0.3) is 5.56 Å². The van der Waals surface area contributed by atoms with Gasteiger partial charge in [0.15, 0.2) is 11.2 Å². The van der Waals surface area contributed by atoms with Crippen LogP contribution in [0.25, 0.3) is 11.2 Å². The average Bonchev–Trinajstić information content (AvgIpc) is 3.32. The Balaban J connectivity index is 1.31. The van der Waals surface area contributed by atoms with Crippen molar-refractivity contribution in [3.8, 4) is 0 Å². The number of benzene rings is 1. The first kappa shape index (κ1) is 24.5. The molecule has 0 radical (unpaired) electrons. The van der Waals surface area contributed by atoms with Crippen LogP contribution in [0.5, 0.6) is 0 Å². The number of aromatic nitrogens is 4. The maximum atomic E-state index is 13.2. The first-order valence-electron chi connectivity index (χ1n) is 10.8. The highest BCUT2D eigenvalue weighted by Gasteiger charge is 2.42. The summed E-state index contributed by atoms with van der Waals surface area (Å²) in [7, 11) is -3.93. The Morgan fingerprint density at radius 1 is 1.34 bits per heavy atom. The lowest BCUT2D eigenvalue weighted by atomic mass is 10.0. The van der Waals surface area contributed by atoms with Crippen molar-refractivity contribution < 1.29 is 23.2 Å². The van der Waals surface area contributed by atoms with Gasteiger partial charge < -0.3 is 15.4 Å². The molecule has 186 valence electrons. The summed E-state index contributed by atoms with van der Waals surface area (Å²) in [6.07, 6.45) is 0.718. The molecule has 5 atom stereocenters. The molecule has 1 aliphatic carbocycles. The summed E-state index contributed by atoms with van der Waals surface area (Å²) < 4.78 is 31.5. The molecule has 3 heterocycles. The molecule has 5 rings (SSSR count). The third-order valence-corrected chi connectivity index (χ3v) is 8.09. The maximum absolute atomic E-state index is 13.2. The third-order valence-electron chi connectivity index (χ3n) is 6.17. The standard InChI is InChI=1S/C21H22Cl2N5O6P/c1-10-14(16(29)7-15(10)28-9-25-18-19(28)26-21(24)27-20(18)30)8-33-35(31)32-3-2-17(34-35)11-4-12(22)6-13(23)5-11/h4-6,9,14-17,29H,1-3,7-8H2,(H3,24,26,27,30)/t14-,15?,16-,17+,35-/m0/s1. The molecule has 2 fully saturated rings. The minimum absolute atomic E-state index is 0.0477. The Kier molecular flexibility index (Phi) is 6.52. The topological polar surface area (TPSA) is 155 Å². The van der Waals surface area contributed by atoms with Crippen LogP contribution in [0.2, 0.25) is 10.0 Å². The van der Waals surface area contributed by atoms with Crippen molar-refractivity contribution in [1.82, 2.24) is 19.5 Å². The average molecular weight is 542 g/mol.